The van der Waals surface area contributed by atoms with Crippen LogP contribution >= 0.6 is 0 Å². The van der Waals surface area contributed by atoms with Crippen molar-refractivity contribution in [3.8, 4) is 0 Å². The number of para-hydroxylation sites is 2. The average molecular weight is 568 g/mol. The normalized spacial score (nSPS) is 26.1. The Morgan fingerprint density at radius 1 is 0.786 bits per heavy atom. The molecule has 1 aromatic heterocycles. The number of fused-ring (bicyclic) bond motifs is 3. The molecule has 0 saturated carbocycles. The summed E-state index contributed by atoms with van der Waals surface area (Å²) < 4.78 is 2.52. The monoisotopic (exact) mass is 567 g/mol. The number of rotatable bonds is 5. The van der Waals surface area contributed by atoms with Crippen molar-refractivity contribution in [1.82, 2.24) is 24.3 Å². The number of carbonyl (C=O) groups excluding carboxylic acids is 2. The van der Waals surface area contributed by atoms with Gasteiger partial charge in [0.25, 0.3) is 0 Å². The van der Waals surface area contributed by atoms with Gasteiger partial charge in [0, 0.05) is 44.3 Å². The van der Waals surface area contributed by atoms with Crippen LogP contribution in [0.1, 0.15) is 81.6 Å². The molecule has 4 aliphatic heterocycles. The number of carbonyl (C=O) groups is 2. The summed E-state index contributed by atoms with van der Waals surface area (Å²) in [5.41, 5.74) is 3.81. The minimum absolute atomic E-state index is 0.0413. The van der Waals surface area contributed by atoms with Crippen molar-refractivity contribution in [3.05, 3.63) is 66.0 Å². The van der Waals surface area contributed by atoms with E-state index in [1.807, 2.05) is 4.90 Å². The minimum Gasteiger partial charge on any atom is -0.334 e. The first kappa shape index (κ1) is 27.6. The number of aromatic nitrogens is 2. The Morgan fingerprint density at radius 3 is 2.10 bits per heavy atom. The van der Waals surface area contributed by atoms with Gasteiger partial charge in [-0.25, -0.2) is 4.98 Å². The number of nitrogens with zero attached hydrogens (tertiary/aromatic N) is 5. The summed E-state index contributed by atoms with van der Waals surface area (Å²) in [5.74, 6) is 0.556. The molecule has 0 radical (unpaired) electrons. The van der Waals surface area contributed by atoms with Crippen LogP contribution in [0, 0.1) is 6.92 Å². The maximum atomic E-state index is 13.2. The van der Waals surface area contributed by atoms with E-state index in [9.17, 15) is 9.59 Å². The molecular formula is C35H45N5O2. The molecule has 2 aromatic carbocycles. The number of hydrogen-bond acceptors (Lipinski definition) is 4. The molecule has 5 heterocycles. The first-order valence-electron chi connectivity index (χ1n) is 16.4. The van der Waals surface area contributed by atoms with Gasteiger partial charge in [0.05, 0.1) is 11.0 Å². The van der Waals surface area contributed by atoms with Gasteiger partial charge in [-0.05, 0) is 101 Å². The molecule has 7 heteroatoms. The largest absolute Gasteiger partial charge is 0.334 e. The number of aryl methyl sites for hydroxylation is 1. The Kier molecular flexibility index (Phi) is 7.55. The van der Waals surface area contributed by atoms with Crippen molar-refractivity contribution >= 4 is 22.8 Å². The Hall–Kier alpha value is -3.19. The van der Waals surface area contributed by atoms with Gasteiger partial charge in [-0.1, -0.05) is 42.5 Å². The Bertz CT molecular complexity index is 1410. The minimum atomic E-state index is -0.291. The summed E-state index contributed by atoms with van der Waals surface area (Å²) in [6.07, 6.45) is 11.1. The number of amides is 2. The van der Waals surface area contributed by atoms with Crippen molar-refractivity contribution in [2.45, 2.75) is 94.7 Å². The fourth-order valence-corrected chi connectivity index (χ4v) is 8.77. The molecule has 4 saturated heterocycles. The number of piperidine rings is 3. The van der Waals surface area contributed by atoms with E-state index < -0.39 is 0 Å². The standard InChI is InChI=1S/C35H45N5O2/c1-26-36-31-12-6-7-13-32(31)40(26)30-24-28-14-15-29(25-30)39(28)23-18-35(27-10-4-2-5-11-27)16-21-38(22-17-35)34(42)33(41)37-19-8-3-9-20-37/h2,4-7,10-13,28-30H,3,8-9,14-25H2,1H3/t28-,29+,30?. The van der Waals surface area contributed by atoms with Gasteiger partial charge in [-0.3, -0.25) is 14.5 Å². The maximum Gasteiger partial charge on any atom is 0.312 e. The summed E-state index contributed by atoms with van der Waals surface area (Å²) in [4.78, 5) is 37.5. The second kappa shape index (κ2) is 11.5. The second-order valence-electron chi connectivity index (χ2n) is 13.3. The Morgan fingerprint density at radius 2 is 1.40 bits per heavy atom. The molecule has 2 amide bonds. The fraction of sp³-hybridized carbons (Fsp3) is 0.571. The number of hydrogen-bond donors (Lipinski definition) is 0. The van der Waals surface area contributed by atoms with Crippen LogP contribution < -0.4 is 0 Å². The van der Waals surface area contributed by atoms with Crippen LogP contribution in [-0.2, 0) is 15.0 Å². The van der Waals surface area contributed by atoms with Crippen molar-refractivity contribution in [1.29, 1.82) is 0 Å². The fourth-order valence-electron chi connectivity index (χ4n) is 8.77. The smallest absolute Gasteiger partial charge is 0.312 e. The Labute approximate surface area is 249 Å². The van der Waals surface area contributed by atoms with Crippen molar-refractivity contribution in [3.63, 3.8) is 0 Å². The SMILES string of the molecule is Cc1nc2ccccc2n1C1C[C@H]2CC[C@@H](C1)N2CCC1(c2ccccc2)CCN(C(=O)C(=O)N2CCCCC2)CC1. The van der Waals surface area contributed by atoms with Crippen molar-refractivity contribution in [2.75, 3.05) is 32.7 Å². The summed E-state index contributed by atoms with van der Waals surface area (Å²) in [6, 6.07) is 21.3. The highest BCUT2D eigenvalue weighted by Gasteiger charge is 2.44. The molecule has 42 heavy (non-hydrogen) atoms. The van der Waals surface area contributed by atoms with Gasteiger partial charge in [0.15, 0.2) is 0 Å². The van der Waals surface area contributed by atoms with E-state index in [0.717, 1.165) is 69.5 Å². The lowest BCUT2D eigenvalue weighted by Crippen LogP contribution is -2.52. The molecule has 0 aliphatic carbocycles. The lowest BCUT2D eigenvalue weighted by atomic mass is 9.70. The van der Waals surface area contributed by atoms with Gasteiger partial charge in [-0.2, -0.15) is 0 Å². The van der Waals surface area contributed by atoms with Gasteiger partial charge in [0.2, 0.25) is 0 Å². The van der Waals surface area contributed by atoms with Gasteiger partial charge in [-0.15, -0.1) is 0 Å². The third-order valence-electron chi connectivity index (χ3n) is 11.1. The first-order chi connectivity index (χ1) is 20.5. The van der Waals surface area contributed by atoms with E-state index in [4.69, 9.17) is 4.98 Å². The molecule has 222 valence electrons. The zero-order valence-corrected chi connectivity index (χ0v) is 25.1. The molecule has 3 atom stereocenters. The van der Waals surface area contributed by atoms with E-state index in [-0.39, 0.29) is 17.2 Å². The molecule has 4 aliphatic rings. The third kappa shape index (κ3) is 5.04. The van der Waals surface area contributed by atoms with E-state index in [2.05, 4.69) is 71.0 Å². The van der Waals surface area contributed by atoms with Crippen LogP contribution in [0.5, 0.6) is 0 Å². The lowest BCUT2D eigenvalue weighted by Gasteiger charge is -2.45. The molecule has 3 aromatic rings. The van der Waals surface area contributed by atoms with Gasteiger partial charge in [0.1, 0.15) is 5.82 Å². The van der Waals surface area contributed by atoms with Gasteiger partial charge >= 0.3 is 11.8 Å². The molecule has 7 rings (SSSR count). The highest BCUT2D eigenvalue weighted by molar-refractivity contribution is 6.34. The molecule has 0 N–H and O–H groups in total. The van der Waals surface area contributed by atoms with Crippen molar-refractivity contribution < 1.29 is 9.59 Å². The molecule has 0 spiro atoms. The van der Waals surface area contributed by atoms with Gasteiger partial charge < -0.3 is 14.4 Å². The van der Waals surface area contributed by atoms with Crippen LogP contribution in [0.4, 0.5) is 0 Å². The third-order valence-corrected chi connectivity index (χ3v) is 11.1. The molecule has 4 fully saturated rings. The summed E-state index contributed by atoms with van der Waals surface area (Å²) in [7, 11) is 0. The highest BCUT2D eigenvalue weighted by Crippen LogP contribution is 2.45. The predicted molar refractivity (Wildman–Crippen MR) is 165 cm³/mol. The van der Waals surface area contributed by atoms with E-state index in [1.165, 1.54) is 36.8 Å². The maximum absolute atomic E-state index is 13.2. The molecule has 7 nitrogen and oxygen atoms in total. The first-order valence-corrected chi connectivity index (χ1v) is 16.4. The number of likely N-dealkylation sites (tertiary alicyclic amines) is 2. The van der Waals surface area contributed by atoms with E-state index >= 15 is 0 Å². The molecule has 1 unspecified atom stereocenters. The van der Waals surface area contributed by atoms with Crippen LogP contribution in [0.15, 0.2) is 54.6 Å². The average Bonchev–Trinajstić information content (AvgIpc) is 3.50. The zero-order valence-electron chi connectivity index (χ0n) is 25.1. The molecule has 2 bridgehead atoms. The molecular weight excluding hydrogens is 522 g/mol. The van der Waals surface area contributed by atoms with E-state index in [1.54, 1.807) is 4.90 Å². The topological polar surface area (TPSA) is 61.7 Å². The predicted octanol–water partition coefficient (Wildman–Crippen LogP) is 5.48. The second-order valence-corrected chi connectivity index (χ2v) is 13.3. The summed E-state index contributed by atoms with van der Waals surface area (Å²) in [6.45, 7) is 6.03. The Balaban J connectivity index is 1.04. The quantitative estimate of drug-likeness (QED) is 0.384. The van der Waals surface area contributed by atoms with E-state index in [0.29, 0.717) is 31.2 Å². The zero-order chi connectivity index (χ0) is 28.7. The lowest BCUT2D eigenvalue weighted by molar-refractivity contribution is -0.153. The number of imidazole rings is 1. The highest BCUT2D eigenvalue weighted by atomic mass is 16.2. The summed E-state index contributed by atoms with van der Waals surface area (Å²) >= 11 is 0. The number of benzene rings is 2. The van der Waals surface area contributed by atoms with Crippen LogP contribution in [0.25, 0.3) is 11.0 Å². The van der Waals surface area contributed by atoms with Crippen molar-refractivity contribution in [2.24, 2.45) is 0 Å². The van der Waals surface area contributed by atoms with Crippen LogP contribution in [0.3, 0.4) is 0 Å². The van der Waals surface area contributed by atoms with Crippen LogP contribution in [0.2, 0.25) is 0 Å². The van der Waals surface area contributed by atoms with Crippen LogP contribution in [-0.4, -0.2) is 80.9 Å². The summed E-state index contributed by atoms with van der Waals surface area (Å²) in [5, 5.41) is 0.